The van der Waals surface area contributed by atoms with E-state index in [1.54, 1.807) is 0 Å². The fraction of sp³-hybridized carbons (Fsp3) is 0.533. The first-order chi connectivity index (χ1) is 8.83. The van der Waals surface area contributed by atoms with Crippen LogP contribution >= 0.6 is 0 Å². The number of fused-ring (bicyclic) bond motifs is 2. The van der Waals surface area contributed by atoms with Gasteiger partial charge in [0.1, 0.15) is 0 Å². The molecule has 0 aromatic carbocycles. The zero-order valence-electron chi connectivity index (χ0n) is 11.0. The van der Waals surface area contributed by atoms with Crippen LogP contribution < -0.4 is 5.32 Å². The number of anilines is 1. The van der Waals surface area contributed by atoms with Crippen LogP contribution in [-0.2, 0) is 0 Å². The summed E-state index contributed by atoms with van der Waals surface area (Å²) >= 11 is 0. The van der Waals surface area contributed by atoms with Crippen LogP contribution in [0.25, 0.3) is 0 Å². The number of aromatic nitrogens is 1. The predicted octanol–water partition coefficient (Wildman–Crippen LogP) is 3.02. The maximum atomic E-state index is 4.16. The summed E-state index contributed by atoms with van der Waals surface area (Å²) < 4.78 is 0. The van der Waals surface area contributed by atoms with E-state index < -0.39 is 0 Å². The molecule has 0 spiro atoms. The molecule has 2 atom stereocenters. The summed E-state index contributed by atoms with van der Waals surface area (Å²) in [7, 11) is 2.28. The molecule has 1 aromatic rings. The Morgan fingerprint density at radius 1 is 1.33 bits per heavy atom. The van der Waals surface area contributed by atoms with Gasteiger partial charge in [0, 0.05) is 30.4 Å². The monoisotopic (exact) mass is 243 g/mol. The minimum absolute atomic E-state index is 0.616. The molecule has 0 aliphatic carbocycles. The van der Waals surface area contributed by atoms with Crippen LogP contribution in [0.1, 0.15) is 32.1 Å². The lowest BCUT2D eigenvalue weighted by atomic mass is 9.99. The molecular weight excluding hydrogens is 222 g/mol. The Balaban J connectivity index is 1.77. The van der Waals surface area contributed by atoms with Crippen molar-refractivity contribution in [2.45, 2.75) is 44.2 Å². The van der Waals surface area contributed by atoms with Gasteiger partial charge in [-0.2, -0.15) is 0 Å². The van der Waals surface area contributed by atoms with Crippen molar-refractivity contribution in [1.29, 1.82) is 0 Å². The van der Waals surface area contributed by atoms with E-state index in [9.17, 15) is 0 Å². The van der Waals surface area contributed by atoms with Crippen molar-refractivity contribution >= 4 is 5.69 Å². The van der Waals surface area contributed by atoms with Crippen LogP contribution in [0.4, 0.5) is 5.69 Å². The summed E-state index contributed by atoms with van der Waals surface area (Å²) in [4.78, 5) is 6.71. The molecule has 1 N–H and O–H groups in total. The number of hydrogen-bond acceptors (Lipinski definition) is 3. The van der Waals surface area contributed by atoms with Gasteiger partial charge in [-0.15, -0.1) is 0 Å². The van der Waals surface area contributed by atoms with Crippen molar-refractivity contribution in [3.8, 4) is 0 Å². The van der Waals surface area contributed by atoms with Crippen LogP contribution in [0.5, 0.6) is 0 Å². The third-order valence-electron chi connectivity index (χ3n) is 4.20. The fourth-order valence-electron chi connectivity index (χ4n) is 3.13. The van der Waals surface area contributed by atoms with Crippen LogP contribution in [-0.4, -0.2) is 29.0 Å². The van der Waals surface area contributed by atoms with E-state index in [0.29, 0.717) is 12.1 Å². The third-order valence-corrected chi connectivity index (χ3v) is 4.20. The Kier molecular flexibility index (Phi) is 3.33. The molecule has 1 saturated heterocycles. The number of hydrogen-bond donors (Lipinski definition) is 1. The second-order valence-electron chi connectivity index (χ2n) is 5.43. The summed E-state index contributed by atoms with van der Waals surface area (Å²) in [6.45, 7) is 0. The van der Waals surface area contributed by atoms with Gasteiger partial charge >= 0.3 is 0 Å². The summed E-state index contributed by atoms with van der Waals surface area (Å²) in [5.74, 6) is 0. The smallest absolute Gasteiger partial charge is 0.0568 e. The fourth-order valence-corrected chi connectivity index (χ4v) is 3.13. The Hall–Kier alpha value is -1.35. The first-order valence-electron chi connectivity index (χ1n) is 6.92. The predicted molar refractivity (Wildman–Crippen MR) is 74.4 cm³/mol. The van der Waals surface area contributed by atoms with E-state index >= 15 is 0 Å². The molecule has 3 rings (SSSR count). The first-order valence-corrected chi connectivity index (χ1v) is 6.92. The second kappa shape index (κ2) is 5.11. The average molecular weight is 243 g/mol. The zero-order chi connectivity index (χ0) is 12.4. The number of nitrogens with one attached hydrogen (secondary N) is 1. The molecule has 1 aromatic heterocycles. The van der Waals surface area contributed by atoms with Crippen molar-refractivity contribution in [2.75, 3.05) is 12.4 Å². The first kappa shape index (κ1) is 11.7. The van der Waals surface area contributed by atoms with Gasteiger partial charge in [-0.3, -0.25) is 9.88 Å². The van der Waals surface area contributed by atoms with Crippen LogP contribution in [0, 0.1) is 0 Å². The van der Waals surface area contributed by atoms with Crippen LogP contribution in [0.2, 0.25) is 0 Å². The van der Waals surface area contributed by atoms with Crippen molar-refractivity contribution in [1.82, 2.24) is 9.88 Å². The number of rotatable bonds is 2. The molecule has 2 unspecified atom stereocenters. The van der Waals surface area contributed by atoms with Gasteiger partial charge in [0.2, 0.25) is 0 Å². The summed E-state index contributed by atoms with van der Waals surface area (Å²) in [6, 6.07) is 5.38. The van der Waals surface area contributed by atoms with Crippen molar-refractivity contribution in [2.24, 2.45) is 0 Å². The lowest BCUT2D eigenvalue weighted by Gasteiger charge is -2.37. The molecule has 2 aliphatic rings. The Morgan fingerprint density at radius 3 is 3.06 bits per heavy atom. The highest BCUT2D eigenvalue weighted by Gasteiger charge is 2.29. The van der Waals surface area contributed by atoms with Crippen molar-refractivity contribution < 1.29 is 0 Å². The Bertz CT molecular complexity index is 427. The minimum Gasteiger partial charge on any atom is -0.358 e. The summed E-state index contributed by atoms with van der Waals surface area (Å²) in [6.07, 6.45) is 12.6. The van der Waals surface area contributed by atoms with Crippen LogP contribution in [0.15, 0.2) is 36.3 Å². The largest absolute Gasteiger partial charge is 0.358 e. The highest BCUT2D eigenvalue weighted by molar-refractivity contribution is 5.46. The highest BCUT2D eigenvalue weighted by Crippen LogP contribution is 2.31. The minimum atomic E-state index is 0.616. The molecule has 0 saturated carbocycles. The van der Waals surface area contributed by atoms with Crippen LogP contribution in [0.3, 0.4) is 0 Å². The Labute approximate surface area is 109 Å². The number of likely N-dealkylation sites (N-methyl/N-ethyl adjacent to an activating group) is 1. The molecule has 3 nitrogen and oxygen atoms in total. The maximum Gasteiger partial charge on any atom is 0.0568 e. The van der Waals surface area contributed by atoms with E-state index in [1.165, 1.54) is 31.4 Å². The standard InChI is InChI=1S/C15H21N3/c1-18-14-6-2-3-7-15(18)10-13(9-14)17-12-5-4-8-16-11-12/h4-5,8-9,11,14-15,17H,2-3,6-7,10H2,1H3. The van der Waals surface area contributed by atoms with Gasteiger partial charge in [-0.05, 0) is 38.1 Å². The molecule has 0 radical (unpaired) electrons. The Morgan fingerprint density at radius 2 is 2.22 bits per heavy atom. The van der Waals surface area contributed by atoms with Gasteiger partial charge in [0.05, 0.1) is 11.9 Å². The van der Waals surface area contributed by atoms with E-state index in [4.69, 9.17) is 0 Å². The van der Waals surface area contributed by atoms with Crippen molar-refractivity contribution in [3.05, 3.63) is 36.3 Å². The van der Waals surface area contributed by atoms with Gasteiger partial charge in [-0.1, -0.05) is 12.8 Å². The molecule has 96 valence electrons. The molecule has 3 heterocycles. The molecule has 2 aliphatic heterocycles. The van der Waals surface area contributed by atoms with Crippen molar-refractivity contribution in [3.63, 3.8) is 0 Å². The lowest BCUT2D eigenvalue weighted by molar-refractivity contribution is 0.189. The van der Waals surface area contributed by atoms with Gasteiger partial charge in [0.25, 0.3) is 0 Å². The summed E-state index contributed by atoms with van der Waals surface area (Å²) in [5.41, 5.74) is 2.48. The normalized spacial score (nSPS) is 28.4. The summed E-state index contributed by atoms with van der Waals surface area (Å²) in [5, 5.41) is 3.53. The lowest BCUT2D eigenvalue weighted by Crippen LogP contribution is -2.42. The quantitative estimate of drug-likeness (QED) is 0.865. The van der Waals surface area contributed by atoms with E-state index in [-0.39, 0.29) is 0 Å². The van der Waals surface area contributed by atoms with E-state index in [1.807, 2.05) is 18.5 Å². The molecule has 18 heavy (non-hydrogen) atoms. The van der Waals surface area contributed by atoms with E-state index in [2.05, 4.69) is 34.4 Å². The zero-order valence-corrected chi connectivity index (χ0v) is 11.0. The van der Waals surface area contributed by atoms with E-state index in [0.717, 1.165) is 12.1 Å². The molecule has 0 amide bonds. The highest BCUT2D eigenvalue weighted by atomic mass is 15.2. The van der Waals surface area contributed by atoms with Gasteiger partial charge in [0.15, 0.2) is 0 Å². The second-order valence-corrected chi connectivity index (χ2v) is 5.43. The molecule has 3 heteroatoms. The molecule has 2 bridgehead atoms. The van der Waals surface area contributed by atoms with Gasteiger partial charge < -0.3 is 5.32 Å². The number of nitrogens with zero attached hydrogens (tertiary/aromatic N) is 2. The average Bonchev–Trinajstić information content (AvgIpc) is 2.50. The maximum absolute atomic E-state index is 4.16. The number of pyridine rings is 1. The topological polar surface area (TPSA) is 28.2 Å². The molecule has 1 fully saturated rings. The van der Waals surface area contributed by atoms with Gasteiger partial charge in [-0.25, -0.2) is 0 Å². The molecular formula is C15H21N3. The third kappa shape index (κ3) is 2.41. The SMILES string of the molecule is CN1C2C=C(Nc3cccnc3)CC1CCCC2.